The van der Waals surface area contributed by atoms with Crippen LogP contribution in [0, 0.1) is 11.7 Å². The largest absolute Gasteiger partial charge is 0.354 e. The number of nitrogens with zero attached hydrogens (tertiary/aromatic N) is 3. The number of anilines is 1. The Kier molecular flexibility index (Phi) is 6.23. The summed E-state index contributed by atoms with van der Waals surface area (Å²) in [5, 5.41) is 11.6. The summed E-state index contributed by atoms with van der Waals surface area (Å²) in [4.78, 5) is 15.2. The molecule has 2 aromatic carbocycles. The maximum absolute atomic E-state index is 13.4. The van der Waals surface area contributed by atoms with Crippen LogP contribution in [0.2, 0.25) is 5.15 Å². The van der Waals surface area contributed by atoms with Crippen molar-refractivity contribution in [2.24, 2.45) is 5.92 Å². The van der Waals surface area contributed by atoms with Gasteiger partial charge in [0.05, 0.1) is 12.0 Å². The van der Waals surface area contributed by atoms with Gasteiger partial charge >= 0.3 is 0 Å². The first-order chi connectivity index (χ1) is 14.6. The second-order valence-corrected chi connectivity index (χ2v) is 7.79. The number of carbonyl (C=O) groups excluding carboxylic acids is 1. The number of halogens is 2. The van der Waals surface area contributed by atoms with E-state index in [1.807, 2.05) is 36.4 Å². The van der Waals surface area contributed by atoms with Gasteiger partial charge in [-0.1, -0.05) is 54.1 Å². The van der Waals surface area contributed by atoms with Gasteiger partial charge in [-0.2, -0.15) is 0 Å². The van der Waals surface area contributed by atoms with Gasteiger partial charge in [0.15, 0.2) is 11.0 Å². The van der Waals surface area contributed by atoms with Crippen molar-refractivity contribution in [3.05, 3.63) is 88.8 Å². The minimum absolute atomic E-state index is 0.0280. The molecule has 1 saturated heterocycles. The molecule has 0 aliphatic carbocycles. The summed E-state index contributed by atoms with van der Waals surface area (Å²) in [6.07, 6.45) is 1.68. The molecule has 7 heteroatoms. The Labute approximate surface area is 179 Å². The van der Waals surface area contributed by atoms with Crippen LogP contribution >= 0.6 is 11.6 Å². The summed E-state index contributed by atoms with van der Waals surface area (Å²) in [6.45, 7) is 1.38. The maximum atomic E-state index is 13.4. The summed E-state index contributed by atoms with van der Waals surface area (Å²) < 4.78 is 13.4. The van der Waals surface area contributed by atoms with Gasteiger partial charge in [0, 0.05) is 13.1 Å². The highest BCUT2D eigenvalue weighted by atomic mass is 35.5. The third kappa shape index (κ3) is 4.76. The van der Waals surface area contributed by atoms with Crippen molar-refractivity contribution in [1.29, 1.82) is 0 Å². The number of aromatic nitrogens is 2. The minimum atomic E-state index is -0.343. The highest BCUT2D eigenvalue weighted by molar-refractivity contribution is 6.29. The molecule has 5 nitrogen and oxygen atoms in total. The molecule has 1 fully saturated rings. The van der Waals surface area contributed by atoms with Crippen molar-refractivity contribution in [1.82, 2.24) is 15.5 Å². The van der Waals surface area contributed by atoms with Gasteiger partial charge in [0.1, 0.15) is 5.82 Å². The summed E-state index contributed by atoms with van der Waals surface area (Å²) in [5.74, 6) is 0.210. The van der Waals surface area contributed by atoms with Crippen LogP contribution in [0.4, 0.5) is 10.2 Å². The highest BCUT2D eigenvalue weighted by Crippen LogP contribution is 2.26. The smallest absolute Gasteiger partial charge is 0.225 e. The predicted molar refractivity (Wildman–Crippen MR) is 115 cm³/mol. The molecule has 0 unspecified atom stereocenters. The molecular weight excluding hydrogens is 403 g/mol. The Morgan fingerprint density at radius 2 is 1.77 bits per heavy atom. The van der Waals surface area contributed by atoms with Gasteiger partial charge in [0.25, 0.3) is 0 Å². The molecule has 154 valence electrons. The zero-order valence-corrected chi connectivity index (χ0v) is 17.1. The Morgan fingerprint density at radius 3 is 2.47 bits per heavy atom. The Morgan fingerprint density at radius 1 is 1.03 bits per heavy atom. The van der Waals surface area contributed by atoms with Crippen molar-refractivity contribution in [3.8, 4) is 0 Å². The number of benzene rings is 2. The third-order valence-corrected chi connectivity index (χ3v) is 5.56. The van der Waals surface area contributed by atoms with Gasteiger partial charge in [-0.3, -0.25) is 4.79 Å². The highest BCUT2D eigenvalue weighted by Gasteiger charge is 2.29. The Bertz CT molecular complexity index is 982. The molecule has 1 amide bonds. The maximum Gasteiger partial charge on any atom is 0.225 e. The first-order valence-electron chi connectivity index (χ1n) is 9.95. The van der Waals surface area contributed by atoms with Gasteiger partial charge in [-0.15, -0.1) is 10.2 Å². The van der Waals surface area contributed by atoms with Crippen molar-refractivity contribution < 1.29 is 9.18 Å². The average molecular weight is 425 g/mol. The molecule has 1 aliphatic heterocycles. The van der Waals surface area contributed by atoms with E-state index in [-0.39, 0.29) is 23.7 Å². The summed E-state index contributed by atoms with van der Waals surface area (Å²) in [7, 11) is 0. The minimum Gasteiger partial charge on any atom is -0.354 e. The molecule has 1 aliphatic rings. The first kappa shape index (κ1) is 20.3. The van der Waals surface area contributed by atoms with E-state index in [1.165, 1.54) is 12.1 Å². The van der Waals surface area contributed by atoms with Crippen molar-refractivity contribution in [2.75, 3.05) is 18.0 Å². The van der Waals surface area contributed by atoms with Gasteiger partial charge < -0.3 is 10.2 Å². The van der Waals surface area contributed by atoms with Crippen LogP contribution in [-0.2, 0) is 4.79 Å². The van der Waals surface area contributed by atoms with Crippen LogP contribution in [0.15, 0.2) is 66.7 Å². The molecule has 0 radical (unpaired) electrons. The van der Waals surface area contributed by atoms with E-state index in [1.54, 1.807) is 18.2 Å². The van der Waals surface area contributed by atoms with Crippen LogP contribution in [0.1, 0.15) is 30.0 Å². The van der Waals surface area contributed by atoms with Crippen LogP contribution in [0.5, 0.6) is 0 Å². The lowest BCUT2D eigenvalue weighted by molar-refractivity contribution is -0.125. The normalized spacial score (nSPS) is 17.4. The fraction of sp³-hybridized carbons (Fsp3) is 0.261. The first-order valence-corrected chi connectivity index (χ1v) is 10.3. The average Bonchev–Trinajstić information content (AvgIpc) is 2.79. The number of nitrogens with one attached hydrogen (secondary N) is 1. The topological polar surface area (TPSA) is 58.1 Å². The monoisotopic (exact) mass is 424 g/mol. The number of carbonyl (C=O) groups is 1. The Hall–Kier alpha value is -2.99. The van der Waals surface area contributed by atoms with E-state index in [0.717, 1.165) is 36.3 Å². The SMILES string of the molecule is O=C(N[C@H](c1ccccc1)c1ccc(F)cc1)[C@H]1CCCN(c2ccc(Cl)nn2)C1. The molecule has 0 bridgehead atoms. The summed E-state index contributed by atoms with van der Waals surface area (Å²) in [5.41, 5.74) is 1.79. The number of piperidine rings is 1. The van der Waals surface area contributed by atoms with Gasteiger partial charge in [-0.25, -0.2) is 4.39 Å². The molecule has 0 spiro atoms. The fourth-order valence-electron chi connectivity index (χ4n) is 3.80. The molecule has 0 saturated carbocycles. The lowest BCUT2D eigenvalue weighted by Crippen LogP contribution is -2.44. The number of rotatable bonds is 5. The Balaban J connectivity index is 1.52. The van der Waals surface area contributed by atoms with Crippen molar-refractivity contribution >= 4 is 23.3 Å². The van der Waals surface area contributed by atoms with Crippen molar-refractivity contribution in [3.63, 3.8) is 0 Å². The standard InChI is InChI=1S/C23H22ClFN4O/c24-20-12-13-21(28-27-20)29-14-4-7-18(15-29)23(30)26-22(16-5-2-1-3-6-16)17-8-10-19(25)11-9-17/h1-3,5-6,8-13,18,22H,4,7,14-15H2,(H,26,30)/t18-,22+/m0/s1. The molecule has 4 rings (SSSR count). The van der Waals surface area contributed by atoms with E-state index in [0.29, 0.717) is 11.7 Å². The fourth-order valence-corrected chi connectivity index (χ4v) is 3.90. The van der Waals surface area contributed by atoms with Crippen LogP contribution in [0.3, 0.4) is 0 Å². The number of amides is 1. The molecular formula is C23H22ClFN4O. The van der Waals surface area contributed by atoms with E-state index >= 15 is 0 Å². The van der Waals surface area contributed by atoms with Crippen LogP contribution in [-0.4, -0.2) is 29.2 Å². The second-order valence-electron chi connectivity index (χ2n) is 7.40. The lowest BCUT2D eigenvalue weighted by Gasteiger charge is -2.33. The number of hydrogen-bond donors (Lipinski definition) is 1. The second kappa shape index (κ2) is 9.22. The zero-order chi connectivity index (χ0) is 20.9. The summed E-state index contributed by atoms with van der Waals surface area (Å²) >= 11 is 5.83. The van der Waals surface area contributed by atoms with E-state index < -0.39 is 0 Å². The molecule has 1 aromatic heterocycles. The van der Waals surface area contributed by atoms with E-state index in [4.69, 9.17) is 11.6 Å². The van der Waals surface area contributed by atoms with Gasteiger partial charge in [-0.05, 0) is 48.2 Å². The predicted octanol–water partition coefficient (Wildman–Crippen LogP) is 4.39. The quantitative estimate of drug-likeness (QED) is 0.659. The third-order valence-electron chi connectivity index (χ3n) is 5.36. The molecule has 2 heterocycles. The summed E-state index contributed by atoms with van der Waals surface area (Å²) in [6, 6.07) is 19.2. The molecule has 3 aromatic rings. The van der Waals surface area contributed by atoms with E-state index in [9.17, 15) is 9.18 Å². The van der Waals surface area contributed by atoms with Crippen LogP contribution in [0.25, 0.3) is 0 Å². The molecule has 1 N–H and O–H groups in total. The number of hydrogen-bond acceptors (Lipinski definition) is 4. The van der Waals surface area contributed by atoms with E-state index in [2.05, 4.69) is 20.4 Å². The molecule has 2 atom stereocenters. The van der Waals surface area contributed by atoms with Crippen LogP contribution < -0.4 is 10.2 Å². The zero-order valence-electron chi connectivity index (χ0n) is 16.3. The van der Waals surface area contributed by atoms with Gasteiger partial charge in [0.2, 0.25) is 5.91 Å². The van der Waals surface area contributed by atoms with Crippen molar-refractivity contribution in [2.45, 2.75) is 18.9 Å². The lowest BCUT2D eigenvalue weighted by atomic mass is 9.94. The molecule has 30 heavy (non-hydrogen) atoms.